The molecule has 2 aromatic heterocycles. The number of hydrogen-bond donors (Lipinski definition) is 2. The normalized spacial score (nSPS) is 15.7. The zero-order chi connectivity index (χ0) is 21.5. The number of benzene rings is 1. The van der Waals surface area contributed by atoms with E-state index in [1.54, 1.807) is 18.3 Å². The molecule has 0 saturated heterocycles. The van der Waals surface area contributed by atoms with Crippen LogP contribution in [-0.4, -0.2) is 44.6 Å². The maximum Gasteiger partial charge on any atom is 0.130 e. The Morgan fingerprint density at radius 3 is 2.53 bits per heavy atom. The lowest BCUT2D eigenvalue weighted by atomic mass is 9.94. The van der Waals surface area contributed by atoms with Gasteiger partial charge in [0.05, 0.1) is 12.2 Å². The van der Waals surface area contributed by atoms with Crippen molar-refractivity contribution in [2.75, 3.05) is 18.9 Å². The van der Waals surface area contributed by atoms with Crippen molar-refractivity contribution in [3.05, 3.63) is 54.1 Å². The molecule has 0 fully saturated rings. The van der Waals surface area contributed by atoms with Crippen LogP contribution in [-0.2, 0) is 13.1 Å². The van der Waals surface area contributed by atoms with Gasteiger partial charge in [0.1, 0.15) is 23.6 Å². The van der Waals surface area contributed by atoms with E-state index in [2.05, 4.69) is 22.2 Å². The largest absolute Gasteiger partial charge is 0.373 e. The fraction of sp³-hybridized carbons (Fsp3) is 0.391. The second kappa shape index (κ2) is 7.81. The molecular formula is C23H28FN5O. The Morgan fingerprint density at radius 2 is 1.83 bits per heavy atom. The number of hydrogen-bond acceptors (Lipinski definition) is 5. The average molecular weight is 410 g/mol. The highest BCUT2D eigenvalue weighted by Crippen LogP contribution is 2.37. The van der Waals surface area contributed by atoms with Crippen LogP contribution in [0.1, 0.15) is 26.5 Å². The van der Waals surface area contributed by atoms with Gasteiger partial charge in [0.15, 0.2) is 0 Å². The first kappa shape index (κ1) is 20.5. The van der Waals surface area contributed by atoms with Crippen LogP contribution in [0.4, 0.5) is 10.2 Å². The number of pyridine rings is 1. The minimum Gasteiger partial charge on any atom is -0.373 e. The molecule has 0 bridgehead atoms. The van der Waals surface area contributed by atoms with Gasteiger partial charge in [-0.3, -0.25) is 9.58 Å². The third-order valence-corrected chi connectivity index (χ3v) is 5.44. The quantitative estimate of drug-likeness (QED) is 0.638. The molecule has 158 valence electrons. The lowest BCUT2D eigenvalue weighted by Gasteiger charge is -2.27. The van der Waals surface area contributed by atoms with Crippen LogP contribution in [0.15, 0.2) is 42.6 Å². The number of aliphatic hydroxyl groups is 1. The smallest absolute Gasteiger partial charge is 0.130 e. The highest BCUT2D eigenvalue weighted by molar-refractivity contribution is 5.83. The van der Waals surface area contributed by atoms with Crippen LogP contribution < -0.4 is 5.32 Å². The van der Waals surface area contributed by atoms with Crippen LogP contribution >= 0.6 is 0 Å². The van der Waals surface area contributed by atoms with Gasteiger partial charge in [-0.2, -0.15) is 5.10 Å². The van der Waals surface area contributed by atoms with Crippen LogP contribution in [0.5, 0.6) is 0 Å². The Bertz CT molecular complexity index is 1040. The number of rotatable bonds is 4. The molecule has 3 aromatic rings. The van der Waals surface area contributed by atoms with E-state index in [0.717, 1.165) is 47.7 Å². The Balaban J connectivity index is 1.81. The van der Waals surface area contributed by atoms with Gasteiger partial charge in [-0.05, 0) is 49.0 Å². The fourth-order valence-corrected chi connectivity index (χ4v) is 3.58. The lowest BCUT2D eigenvalue weighted by Crippen LogP contribution is -2.33. The van der Waals surface area contributed by atoms with Gasteiger partial charge in [-0.1, -0.05) is 20.8 Å². The molecule has 30 heavy (non-hydrogen) atoms. The second-order valence-corrected chi connectivity index (χ2v) is 8.98. The first-order chi connectivity index (χ1) is 14.2. The van der Waals surface area contributed by atoms with Gasteiger partial charge in [0.25, 0.3) is 0 Å². The zero-order valence-corrected chi connectivity index (χ0v) is 17.9. The van der Waals surface area contributed by atoms with Gasteiger partial charge in [-0.25, -0.2) is 9.37 Å². The molecule has 0 aliphatic carbocycles. The number of nitrogens with zero attached hydrogens (tertiary/aromatic N) is 4. The predicted octanol–water partition coefficient (Wildman–Crippen LogP) is 3.97. The van der Waals surface area contributed by atoms with E-state index in [1.807, 2.05) is 37.6 Å². The van der Waals surface area contributed by atoms with Gasteiger partial charge in [-0.15, -0.1) is 0 Å². The molecule has 0 amide bonds. The molecule has 4 rings (SSSR count). The monoisotopic (exact) mass is 409 g/mol. The van der Waals surface area contributed by atoms with Crippen molar-refractivity contribution in [3.8, 4) is 22.4 Å². The summed E-state index contributed by atoms with van der Waals surface area (Å²) in [7, 11) is 2.09. The molecule has 1 unspecified atom stereocenters. The minimum absolute atomic E-state index is 0.268. The van der Waals surface area contributed by atoms with Crippen LogP contribution in [0, 0.1) is 11.2 Å². The Kier molecular flexibility index (Phi) is 5.34. The van der Waals surface area contributed by atoms with Crippen molar-refractivity contribution in [3.63, 3.8) is 0 Å². The molecule has 1 atom stereocenters. The van der Waals surface area contributed by atoms with Crippen molar-refractivity contribution >= 4 is 5.82 Å². The number of fused-ring (bicyclic) bond motifs is 1. The minimum atomic E-state index is -0.732. The summed E-state index contributed by atoms with van der Waals surface area (Å²) in [5.41, 5.74) is 4.48. The van der Waals surface area contributed by atoms with Crippen molar-refractivity contribution in [2.24, 2.45) is 5.41 Å². The first-order valence-electron chi connectivity index (χ1n) is 10.2. The number of anilines is 1. The number of aliphatic hydroxyl groups excluding tert-OH is 1. The molecule has 0 spiro atoms. The van der Waals surface area contributed by atoms with Crippen molar-refractivity contribution in [1.82, 2.24) is 19.7 Å². The van der Waals surface area contributed by atoms with E-state index in [0.29, 0.717) is 5.82 Å². The van der Waals surface area contributed by atoms with E-state index < -0.39 is 6.23 Å². The Morgan fingerprint density at radius 1 is 1.10 bits per heavy atom. The molecular weight excluding hydrogens is 381 g/mol. The summed E-state index contributed by atoms with van der Waals surface area (Å²) < 4.78 is 15.5. The maximum atomic E-state index is 13.5. The number of likely N-dealkylation sites (N-methyl/N-ethyl adjacent to an activating group) is 1. The SMILES string of the molecule is CN1CCn2nc(-c3ccc(F)cc3)c(-c3ccnc(NC(O)C(C)(C)C)c3)c2C1. The maximum absolute atomic E-state index is 13.5. The standard InChI is InChI=1S/C23H28FN5O/c1-23(2,3)22(30)26-19-13-16(9-10-25-19)20-18-14-28(4)11-12-29(18)27-21(20)15-5-7-17(24)8-6-15/h5-10,13,22,30H,11-12,14H2,1-4H3,(H,25,26). The first-order valence-corrected chi connectivity index (χ1v) is 10.2. The van der Waals surface area contributed by atoms with E-state index in [4.69, 9.17) is 5.10 Å². The molecule has 3 heterocycles. The highest BCUT2D eigenvalue weighted by Gasteiger charge is 2.26. The van der Waals surface area contributed by atoms with Crippen molar-refractivity contribution in [1.29, 1.82) is 0 Å². The zero-order valence-electron chi connectivity index (χ0n) is 17.9. The fourth-order valence-electron chi connectivity index (χ4n) is 3.58. The molecule has 0 saturated carbocycles. The summed E-state index contributed by atoms with van der Waals surface area (Å²) >= 11 is 0. The lowest BCUT2D eigenvalue weighted by molar-refractivity contribution is 0.0877. The van der Waals surface area contributed by atoms with Gasteiger partial charge < -0.3 is 10.4 Å². The Labute approximate surface area is 176 Å². The van der Waals surface area contributed by atoms with Gasteiger partial charge in [0, 0.05) is 35.8 Å². The summed E-state index contributed by atoms with van der Waals surface area (Å²) in [5.74, 6) is 0.333. The van der Waals surface area contributed by atoms with Crippen molar-refractivity contribution in [2.45, 2.75) is 40.1 Å². The summed E-state index contributed by atoms with van der Waals surface area (Å²) in [6, 6.07) is 10.3. The molecule has 2 N–H and O–H groups in total. The van der Waals surface area contributed by atoms with Crippen LogP contribution in [0.3, 0.4) is 0 Å². The number of halogens is 1. The number of nitrogens with one attached hydrogen (secondary N) is 1. The average Bonchev–Trinajstić information content (AvgIpc) is 3.06. The molecule has 6 nitrogen and oxygen atoms in total. The molecule has 1 aliphatic heterocycles. The van der Waals surface area contributed by atoms with E-state index in [-0.39, 0.29) is 11.2 Å². The van der Waals surface area contributed by atoms with E-state index >= 15 is 0 Å². The van der Waals surface area contributed by atoms with Crippen molar-refractivity contribution < 1.29 is 9.50 Å². The second-order valence-electron chi connectivity index (χ2n) is 8.98. The van der Waals surface area contributed by atoms with E-state index in [1.165, 1.54) is 12.1 Å². The predicted molar refractivity (Wildman–Crippen MR) is 116 cm³/mol. The van der Waals surface area contributed by atoms with Gasteiger partial charge in [0.2, 0.25) is 0 Å². The molecule has 1 aliphatic rings. The topological polar surface area (TPSA) is 66.2 Å². The molecule has 7 heteroatoms. The third-order valence-electron chi connectivity index (χ3n) is 5.44. The van der Waals surface area contributed by atoms with Crippen LogP contribution in [0.25, 0.3) is 22.4 Å². The third kappa shape index (κ3) is 4.08. The van der Waals surface area contributed by atoms with Crippen LogP contribution in [0.2, 0.25) is 0 Å². The summed E-state index contributed by atoms with van der Waals surface area (Å²) in [6.07, 6.45) is 1.00. The molecule has 0 radical (unpaired) electrons. The molecule has 1 aromatic carbocycles. The van der Waals surface area contributed by atoms with E-state index in [9.17, 15) is 9.50 Å². The Hall–Kier alpha value is -2.77. The van der Waals surface area contributed by atoms with Gasteiger partial charge >= 0.3 is 0 Å². The summed E-state index contributed by atoms with van der Waals surface area (Å²) in [6.45, 7) is 8.40. The number of aromatic nitrogens is 3. The summed E-state index contributed by atoms with van der Waals surface area (Å²) in [4.78, 5) is 6.65. The summed E-state index contributed by atoms with van der Waals surface area (Å²) in [5, 5.41) is 18.4. The highest BCUT2D eigenvalue weighted by atomic mass is 19.1.